The van der Waals surface area contributed by atoms with E-state index >= 15 is 0 Å². The first-order valence-electron chi connectivity index (χ1n) is 16.8. The van der Waals surface area contributed by atoms with Crippen LogP contribution in [0, 0.1) is 6.92 Å². The van der Waals surface area contributed by atoms with Gasteiger partial charge in [-0.1, -0.05) is 91.0 Å². The van der Waals surface area contributed by atoms with E-state index in [-0.39, 0.29) is 35.6 Å². The van der Waals surface area contributed by atoms with Crippen molar-refractivity contribution in [1.82, 2.24) is 10.2 Å². The van der Waals surface area contributed by atoms with Gasteiger partial charge in [-0.25, -0.2) is 8.42 Å². The number of sulfonamides is 1. The van der Waals surface area contributed by atoms with Gasteiger partial charge in [0.2, 0.25) is 11.8 Å². The summed E-state index contributed by atoms with van der Waals surface area (Å²) in [5.41, 5.74) is 2.80. The molecule has 1 fully saturated rings. The smallest absolute Gasteiger partial charge is 0.264 e. The fraction of sp³-hybridized carbons (Fsp3) is 0.333. The Labute approximate surface area is 300 Å². The molecule has 1 saturated carbocycles. The lowest BCUT2D eigenvalue weighted by atomic mass is 9.94. The van der Waals surface area contributed by atoms with Gasteiger partial charge in [-0.15, -0.1) is 0 Å². The number of carbonyl (C=O) groups excluding carboxylic acids is 2. The molecule has 0 heterocycles. The number of aryl methyl sites for hydroxylation is 1. The number of anilines is 1. The van der Waals surface area contributed by atoms with Crippen LogP contribution in [0.15, 0.2) is 102 Å². The average Bonchev–Trinajstić information content (AvgIpc) is 3.12. The minimum Gasteiger partial charge on any atom is -0.493 e. The van der Waals surface area contributed by atoms with Gasteiger partial charge in [0, 0.05) is 30.1 Å². The van der Waals surface area contributed by atoms with Gasteiger partial charge in [0.05, 0.1) is 24.8 Å². The van der Waals surface area contributed by atoms with Crippen LogP contribution < -0.4 is 19.1 Å². The van der Waals surface area contributed by atoms with Crippen molar-refractivity contribution in [3.8, 4) is 11.5 Å². The fourth-order valence-corrected chi connectivity index (χ4v) is 7.92. The Morgan fingerprint density at radius 2 is 1.52 bits per heavy atom. The summed E-state index contributed by atoms with van der Waals surface area (Å²) in [6.07, 6.45) is 5.16. The van der Waals surface area contributed by atoms with Gasteiger partial charge in [0.1, 0.15) is 12.6 Å². The summed E-state index contributed by atoms with van der Waals surface area (Å²) in [5.74, 6) is -0.228. The average molecular weight is 718 g/mol. The van der Waals surface area contributed by atoms with E-state index in [1.165, 1.54) is 37.3 Å². The largest absolute Gasteiger partial charge is 0.493 e. The fourth-order valence-electron chi connectivity index (χ4n) is 6.27. The number of nitrogens with zero attached hydrogens (tertiary/aromatic N) is 2. The molecule has 4 aromatic rings. The Bertz CT molecular complexity index is 1860. The minimum atomic E-state index is -4.33. The summed E-state index contributed by atoms with van der Waals surface area (Å²) in [6.45, 7) is 1.36. The molecule has 0 spiro atoms. The van der Waals surface area contributed by atoms with Crippen LogP contribution in [-0.2, 0) is 32.6 Å². The number of rotatable bonds is 14. The maximum Gasteiger partial charge on any atom is 0.264 e. The molecule has 1 aliphatic rings. The minimum absolute atomic E-state index is 0.00660. The number of carbonyl (C=O) groups is 2. The van der Waals surface area contributed by atoms with Crippen LogP contribution in [-0.4, -0.2) is 58.0 Å². The lowest BCUT2D eigenvalue weighted by molar-refractivity contribution is -0.140. The topological polar surface area (TPSA) is 105 Å². The van der Waals surface area contributed by atoms with Crippen molar-refractivity contribution < 1.29 is 27.5 Å². The molecule has 1 atom stereocenters. The first-order valence-corrected chi connectivity index (χ1v) is 18.6. The zero-order chi connectivity index (χ0) is 35.7. The van der Waals surface area contributed by atoms with E-state index in [9.17, 15) is 18.0 Å². The predicted octanol–water partition coefficient (Wildman–Crippen LogP) is 6.95. The third kappa shape index (κ3) is 9.17. The monoisotopic (exact) mass is 717 g/mol. The molecule has 1 N–H and O–H groups in total. The molecular formula is C39H44ClN3O6S. The quantitative estimate of drug-likeness (QED) is 0.151. The first kappa shape index (κ1) is 36.7. The van der Waals surface area contributed by atoms with Crippen LogP contribution in [0.2, 0.25) is 5.02 Å². The Kier molecular flexibility index (Phi) is 12.4. The summed E-state index contributed by atoms with van der Waals surface area (Å²) >= 11 is 6.37. The molecule has 0 bridgehead atoms. The number of hydrogen-bond acceptors (Lipinski definition) is 6. The van der Waals surface area contributed by atoms with Crippen molar-refractivity contribution >= 4 is 39.1 Å². The van der Waals surface area contributed by atoms with Crippen molar-refractivity contribution in [2.45, 2.75) is 69.0 Å². The number of nitrogens with one attached hydrogen (secondary N) is 1. The van der Waals surface area contributed by atoms with Crippen LogP contribution >= 0.6 is 11.6 Å². The number of methoxy groups -OCH3 is 2. The van der Waals surface area contributed by atoms with Crippen LogP contribution in [0.3, 0.4) is 0 Å². The molecule has 4 aromatic carbocycles. The van der Waals surface area contributed by atoms with Gasteiger partial charge in [-0.05, 0) is 67.3 Å². The van der Waals surface area contributed by atoms with E-state index in [4.69, 9.17) is 21.1 Å². The molecule has 0 aliphatic heterocycles. The molecular weight excluding hydrogens is 674 g/mol. The maximum atomic E-state index is 14.8. The van der Waals surface area contributed by atoms with E-state index < -0.39 is 28.5 Å². The summed E-state index contributed by atoms with van der Waals surface area (Å²) in [6, 6.07) is 26.9. The van der Waals surface area contributed by atoms with Crippen molar-refractivity contribution in [1.29, 1.82) is 0 Å². The highest BCUT2D eigenvalue weighted by Crippen LogP contribution is 2.33. The van der Waals surface area contributed by atoms with E-state index in [0.29, 0.717) is 22.0 Å². The number of benzene rings is 4. The first-order chi connectivity index (χ1) is 24.1. The number of halogens is 1. The summed E-state index contributed by atoms with van der Waals surface area (Å²) in [4.78, 5) is 30.5. The third-order valence-corrected chi connectivity index (χ3v) is 11.0. The molecule has 1 unspecified atom stereocenters. The molecule has 11 heteroatoms. The number of amides is 2. The van der Waals surface area contributed by atoms with Crippen LogP contribution in [0.4, 0.5) is 5.69 Å². The third-order valence-electron chi connectivity index (χ3n) is 9.01. The van der Waals surface area contributed by atoms with Gasteiger partial charge in [-0.2, -0.15) is 0 Å². The van der Waals surface area contributed by atoms with Crippen molar-refractivity contribution in [3.05, 3.63) is 119 Å². The van der Waals surface area contributed by atoms with E-state index in [2.05, 4.69) is 5.32 Å². The Morgan fingerprint density at radius 3 is 2.18 bits per heavy atom. The standard InChI is InChI=1S/C39H44ClN3O6S/c1-28-17-19-33(20-18-28)43(50(46,47)34-21-22-36(48-2)37(25-34)49-3)27-38(44)42(26-30-13-10-14-31(40)23-30)35(24-29-11-6-4-7-12-29)39(45)41-32-15-8-5-9-16-32/h4,6-7,10-14,17-23,25,32,35H,5,8-9,15-16,24,26-27H2,1-3H3,(H,41,45). The zero-order valence-electron chi connectivity index (χ0n) is 28.7. The highest BCUT2D eigenvalue weighted by molar-refractivity contribution is 7.92. The van der Waals surface area contributed by atoms with Crippen LogP contribution in [0.1, 0.15) is 48.8 Å². The zero-order valence-corrected chi connectivity index (χ0v) is 30.3. The van der Waals surface area contributed by atoms with E-state index in [0.717, 1.165) is 47.5 Å². The lowest BCUT2D eigenvalue weighted by Gasteiger charge is -2.35. The molecule has 50 heavy (non-hydrogen) atoms. The SMILES string of the molecule is COc1ccc(S(=O)(=O)N(CC(=O)N(Cc2cccc(Cl)c2)C(Cc2ccccc2)C(=O)NC2CCCCC2)c2ccc(C)cc2)cc1OC. The Hall–Kier alpha value is -4.54. The normalized spacial score (nSPS) is 14.0. The van der Waals surface area contributed by atoms with Gasteiger partial charge in [0.25, 0.3) is 10.0 Å². The molecule has 0 saturated heterocycles. The van der Waals surface area contributed by atoms with Crippen molar-refractivity contribution in [3.63, 3.8) is 0 Å². The second-order valence-electron chi connectivity index (χ2n) is 12.6. The van der Waals surface area contributed by atoms with Crippen LogP contribution in [0.5, 0.6) is 11.5 Å². The summed E-state index contributed by atoms with van der Waals surface area (Å²) in [7, 11) is -1.44. The van der Waals surface area contributed by atoms with Gasteiger partial charge >= 0.3 is 0 Å². The summed E-state index contributed by atoms with van der Waals surface area (Å²) < 4.78 is 40.8. The van der Waals surface area contributed by atoms with E-state index in [1.807, 2.05) is 43.3 Å². The molecule has 0 aromatic heterocycles. The Balaban J connectivity index is 1.58. The highest BCUT2D eigenvalue weighted by Gasteiger charge is 2.35. The second kappa shape index (κ2) is 16.9. The number of hydrogen-bond donors (Lipinski definition) is 1. The molecule has 9 nitrogen and oxygen atoms in total. The van der Waals surface area contributed by atoms with Crippen LogP contribution in [0.25, 0.3) is 0 Å². The highest BCUT2D eigenvalue weighted by atomic mass is 35.5. The molecule has 264 valence electrons. The maximum absolute atomic E-state index is 14.8. The van der Waals surface area contributed by atoms with Crippen molar-refractivity contribution in [2.75, 3.05) is 25.1 Å². The Morgan fingerprint density at radius 1 is 0.840 bits per heavy atom. The number of ether oxygens (including phenoxy) is 2. The second-order valence-corrected chi connectivity index (χ2v) is 14.9. The van der Waals surface area contributed by atoms with Gasteiger partial charge in [0.15, 0.2) is 11.5 Å². The van der Waals surface area contributed by atoms with E-state index in [1.54, 1.807) is 42.5 Å². The molecule has 5 rings (SSSR count). The molecule has 2 amide bonds. The predicted molar refractivity (Wildman–Crippen MR) is 196 cm³/mol. The van der Waals surface area contributed by atoms with Crippen molar-refractivity contribution in [2.24, 2.45) is 0 Å². The van der Waals surface area contributed by atoms with Gasteiger partial charge < -0.3 is 19.7 Å². The van der Waals surface area contributed by atoms with Gasteiger partial charge in [-0.3, -0.25) is 13.9 Å². The molecule has 0 radical (unpaired) electrons. The lowest BCUT2D eigenvalue weighted by Crippen LogP contribution is -2.55. The summed E-state index contributed by atoms with van der Waals surface area (Å²) in [5, 5.41) is 3.71. The molecule has 1 aliphatic carbocycles.